The Morgan fingerprint density at radius 3 is 0.462 bits per heavy atom. The van der Waals surface area contributed by atoms with Gasteiger partial charge in [0.1, 0.15) is 0 Å². The summed E-state index contributed by atoms with van der Waals surface area (Å²) in [6, 6.07) is 0. The number of rotatable bonds is 0. The van der Waals surface area contributed by atoms with Gasteiger partial charge in [-0.2, -0.15) is 0 Å². The van der Waals surface area contributed by atoms with E-state index in [1.165, 1.54) is 14.7 Å². The van der Waals surface area contributed by atoms with Crippen molar-refractivity contribution in [3.05, 3.63) is 66.4 Å². The summed E-state index contributed by atoms with van der Waals surface area (Å²) < 4.78 is 0. The van der Waals surface area contributed by atoms with Gasteiger partial charge in [0, 0.05) is 0 Å². The van der Waals surface area contributed by atoms with E-state index in [0.29, 0.717) is 0 Å². The van der Waals surface area contributed by atoms with Crippen molar-refractivity contribution in [1.82, 2.24) is 0 Å². The molecule has 0 bridgehead atoms. The molecule has 0 aromatic rings. The Kier molecular flexibility index (Phi) is 2570. The van der Waals surface area contributed by atoms with Crippen molar-refractivity contribution in [1.29, 1.82) is 0 Å². The van der Waals surface area contributed by atoms with Crippen molar-refractivity contribution in [2.75, 3.05) is 0 Å². The molecule has 0 rings (SSSR count). The molecule has 13 heavy (non-hydrogen) atoms. The first kappa shape index (κ1) is 64.6. The minimum atomic E-state index is 0. The Bertz CT molecular complexity index is 96.7. The molecule has 0 aliphatic rings. The summed E-state index contributed by atoms with van der Waals surface area (Å²) >= 11 is 0. The smallest absolute Gasteiger partial charge is 0.693 e. The Hall–Kier alpha value is -1.68. The van der Waals surface area contributed by atoms with Gasteiger partial charge in [0.15, 0.2) is 0 Å². The average Bonchev–Trinajstić information content (AvgIpc) is 1.70. The molecular formula is H6CoN12-3. The Balaban J connectivity index is -0.00000000720. The normalized spacial score (nSPS) is 1.85. The van der Waals surface area contributed by atoms with Crippen LogP contribution < -0.4 is 0 Å². The van der Waals surface area contributed by atoms with Crippen LogP contribution in [0, 0.1) is 0 Å². The molecule has 0 aliphatic heterocycles. The van der Waals surface area contributed by atoms with Gasteiger partial charge in [0.2, 0.25) is 0 Å². The van der Waals surface area contributed by atoms with E-state index in [1.54, 1.807) is 0 Å². The maximum absolute atomic E-state index is 6.75. The maximum Gasteiger partial charge on any atom is 3.00 e. The van der Waals surface area contributed by atoms with E-state index < -0.39 is 0 Å². The van der Waals surface area contributed by atoms with Gasteiger partial charge in [-0.05, 0) is 0 Å². The molecule has 0 atom stereocenters. The van der Waals surface area contributed by atoms with Crippen LogP contribution in [-0.4, -0.2) is 0 Å². The monoisotopic (exact) mass is 233 g/mol. The van der Waals surface area contributed by atoms with Crippen molar-refractivity contribution in [2.24, 2.45) is 0 Å². The first-order chi connectivity index (χ1) is 4.24. The Morgan fingerprint density at radius 2 is 0.462 bits per heavy atom. The molecule has 0 fully saturated rings. The standard InChI is InChI=1S/Co.3N3.3H2N/c;3*1-3-2;;;/h;;;;3*1H2/q+3;6*-1. The van der Waals surface area contributed by atoms with E-state index in [-0.39, 0.29) is 35.2 Å². The van der Waals surface area contributed by atoms with Crippen molar-refractivity contribution in [3.8, 4) is 0 Å². The van der Waals surface area contributed by atoms with Gasteiger partial charge in [-0.3, -0.25) is 14.7 Å². The van der Waals surface area contributed by atoms with Gasteiger partial charge < -0.3 is 51.6 Å². The van der Waals surface area contributed by atoms with E-state index in [9.17, 15) is 0 Å². The summed E-state index contributed by atoms with van der Waals surface area (Å²) in [6.45, 7) is 0. The third-order valence-corrected chi connectivity index (χ3v) is 0. The van der Waals surface area contributed by atoms with Crippen LogP contribution in [0.15, 0.2) is 0 Å². The largest absolute Gasteiger partial charge is 3.00 e. The van der Waals surface area contributed by atoms with Crippen molar-refractivity contribution >= 4 is 0 Å². The summed E-state index contributed by atoms with van der Waals surface area (Å²) in [5.74, 6) is 0. The summed E-state index contributed by atoms with van der Waals surface area (Å²) in [5, 5.41) is 0. The first-order valence-corrected chi connectivity index (χ1v) is 1.20. The summed E-state index contributed by atoms with van der Waals surface area (Å²) in [6.07, 6.45) is 0. The van der Waals surface area contributed by atoms with E-state index >= 15 is 0 Å². The fourth-order valence-corrected chi connectivity index (χ4v) is 0. The van der Waals surface area contributed by atoms with Crippen molar-refractivity contribution < 1.29 is 16.8 Å². The molecule has 0 aliphatic carbocycles. The minimum absolute atomic E-state index is 0. The molecule has 0 saturated carbocycles. The van der Waals surface area contributed by atoms with Crippen molar-refractivity contribution in [2.45, 2.75) is 0 Å². The molecule has 0 unspecified atom stereocenters. The number of hydrogen-bond donors (Lipinski definition) is 0. The van der Waals surface area contributed by atoms with Crippen LogP contribution in [0.2, 0.25) is 0 Å². The SMILES string of the molecule is [Co+3].[N-]=[N+]=[N-].[N-]=[N+]=[N-].[N-]=[N+]=[N-].[NH2-].[NH2-].[NH2-]. The molecule has 0 radical (unpaired) electrons. The van der Waals surface area contributed by atoms with Crippen LogP contribution >= 0.6 is 0 Å². The van der Waals surface area contributed by atoms with Crippen LogP contribution in [-0.2, 0) is 16.8 Å². The second kappa shape index (κ2) is 517. The van der Waals surface area contributed by atoms with Crippen LogP contribution in [0.25, 0.3) is 66.4 Å². The van der Waals surface area contributed by atoms with Crippen LogP contribution in [0.1, 0.15) is 0 Å². The van der Waals surface area contributed by atoms with E-state index in [0.717, 1.165) is 0 Å². The molecule has 0 saturated heterocycles. The molecule has 12 nitrogen and oxygen atoms in total. The van der Waals surface area contributed by atoms with Gasteiger partial charge in [0.05, 0.1) is 0 Å². The van der Waals surface area contributed by atoms with Gasteiger partial charge in [-0.15, -0.1) is 0 Å². The van der Waals surface area contributed by atoms with Gasteiger partial charge in [-0.1, -0.05) is 0 Å². The predicted octanol–water partition coefficient (Wildman–Crippen LogP) is 4.75. The Labute approximate surface area is 83.9 Å². The van der Waals surface area contributed by atoms with Gasteiger partial charge >= 0.3 is 16.8 Å². The van der Waals surface area contributed by atoms with E-state index in [1.807, 2.05) is 0 Å². The molecule has 6 N–H and O–H groups in total. The number of hydrogen-bond acceptors (Lipinski definition) is 0. The average molecular weight is 233 g/mol. The maximum atomic E-state index is 6.75. The zero-order valence-corrected chi connectivity index (χ0v) is 7.13. The predicted molar refractivity (Wildman–Crippen MR) is 46.1 cm³/mol. The Morgan fingerprint density at radius 1 is 0.462 bits per heavy atom. The second-order valence-electron chi connectivity index (χ2n) is 0.268. The van der Waals surface area contributed by atoms with Crippen LogP contribution in [0.3, 0.4) is 0 Å². The summed E-state index contributed by atoms with van der Waals surface area (Å²) in [7, 11) is 0. The van der Waals surface area contributed by atoms with Gasteiger partial charge in [0.25, 0.3) is 0 Å². The third-order valence-electron chi connectivity index (χ3n) is 0. The quantitative estimate of drug-likeness (QED) is 0.310. The second-order valence-corrected chi connectivity index (χ2v) is 0.268. The fourth-order valence-electron chi connectivity index (χ4n) is 0. The molecule has 13 heteroatoms. The van der Waals surface area contributed by atoms with E-state index in [2.05, 4.69) is 0 Å². The third kappa shape index (κ3) is 252. The number of nitrogens with zero attached hydrogens (tertiary/aromatic N) is 9. The molecule has 0 heterocycles. The molecule has 0 amide bonds. The minimum Gasteiger partial charge on any atom is -0.693 e. The molecular weight excluding hydrogens is 227 g/mol. The molecule has 0 spiro atoms. The van der Waals surface area contributed by atoms with Crippen LogP contribution in [0.5, 0.6) is 0 Å². The zero-order chi connectivity index (χ0) is 8.12. The molecule has 0 aromatic carbocycles. The fraction of sp³-hybridized carbons (Fsp3) is 0. The summed E-state index contributed by atoms with van der Waals surface area (Å²) in [5.41, 5.74) is 40.5. The number of nitrogens with two attached hydrogens (primary N) is 3. The van der Waals surface area contributed by atoms with Crippen molar-refractivity contribution in [3.63, 3.8) is 0 Å². The topological polar surface area (TPSA) is 277 Å². The zero-order valence-electron chi connectivity index (χ0n) is 6.09. The molecule has 0 aromatic heterocycles. The molecule has 78 valence electrons. The van der Waals surface area contributed by atoms with Gasteiger partial charge in [-0.25, -0.2) is 0 Å². The summed E-state index contributed by atoms with van der Waals surface area (Å²) in [4.78, 5) is 4.50. The first-order valence-electron chi connectivity index (χ1n) is 1.20. The van der Waals surface area contributed by atoms with E-state index in [4.69, 9.17) is 33.2 Å². The van der Waals surface area contributed by atoms with Crippen LogP contribution in [0.4, 0.5) is 0 Å².